The summed E-state index contributed by atoms with van der Waals surface area (Å²) in [7, 11) is 0. The zero-order chi connectivity index (χ0) is 17.1. The van der Waals surface area contributed by atoms with Crippen molar-refractivity contribution in [2.45, 2.75) is 32.7 Å². The molecule has 1 aliphatic heterocycles. The third-order valence-corrected chi connectivity index (χ3v) is 5.00. The van der Waals surface area contributed by atoms with E-state index in [-0.39, 0.29) is 5.91 Å². The molecule has 1 saturated heterocycles. The van der Waals surface area contributed by atoms with Gasteiger partial charge in [0.25, 0.3) is 5.91 Å². The van der Waals surface area contributed by atoms with Gasteiger partial charge in [-0.05, 0) is 62.6 Å². The summed E-state index contributed by atoms with van der Waals surface area (Å²) in [6.07, 6.45) is 2.56. The molecule has 3 rings (SSSR count). The zero-order valence-electron chi connectivity index (χ0n) is 14.3. The molecule has 0 bridgehead atoms. The number of nitrogens with zero attached hydrogens (tertiary/aromatic N) is 2. The predicted molar refractivity (Wildman–Crippen MR) is 98.5 cm³/mol. The maximum absolute atomic E-state index is 12.4. The molecule has 1 aromatic heterocycles. The first-order valence-electron chi connectivity index (χ1n) is 8.61. The molecule has 1 aliphatic rings. The van der Waals surface area contributed by atoms with E-state index < -0.39 is 0 Å². The van der Waals surface area contributed by atoms with E-state index in [1.165, 1.54) is 12.8 Å². The number of aromatic nitrogens is 1. The van der Waals surface area contributed by atoms with E-state index in [0.717, 1.165) is 29.9 Å². The average molecular weight is 346 g/mol. The Hall–Kier alpha value is -1.65. The number of carbonyl (C=O) groups excluding carboxylic acids is 1. The van der Waals surface area contributed by atoms with Crippen LogP contribution >= 0.6 is 11.6 Å². The lowest BCUT2D eigenvalue weighted by Gasteiger charge is -2.35. The van der Waals surface area contributed by atoms with E-state index >= 15 is 0 Å². The summed E-state index contributed by atoms with van der Waals surface area (Å²) in [6, 6.07) is 9.49. The minimum atomic E-state index is -0.0382. The van der Waals surface area contributed by atoms with Crippen molar-refractivity contribution in [2.75, 3.05) is 19.6 Å². The first-order chi connectivity index (χ1) is 11.5. The largest absolute Gasteiger partial charge is 0.350 e. The minimum Gasteiger partial charge on any atom is -0.350 e. The number of nitrogens with one attached hydrogen (secondary N) is 1. The van der Waals surface area contributed by atoms with Gasteiger partial charge in [0.2, 0.25) is 0 Å². The van der Waals surface area contributed by atoms with Gasteiger partial charge in [-0.1, -0.05) is 18.5 Å². The Morgan fingerprint density at radius 3 is 3.04 bits per heavy atom. The van der Waals surface area contributed by atoms with Crippen LogP contribution in [0.1, 0.15) is 37.0 Å². The molecule has 2 aromatic rings. The number of rotatable bonds is 4. The fourth-order valence-electron chi connectivity index (χ4n) is 3.34. The third-order valence-electron chi connectivity index (χ3n) is 4.79. The van der Waals surface area contributed by atoms with Crippen LogP contribution in [0.3, 0.4) is 0 Å². The van der Waals surface area contributed by atoms with Crippen molar-refractivity contribution in [3.8, 4) is 0 Å². The highest BCUT2D eigenvalue weighted by atomic mass is 35.5. The second-order valence-corrected chi connectivity index (χ2v) is 7.23. The van der Waals surface area contributed by atoms with Gasteiger partial charge in [0.1, 0.15) is 5.15 Å². The summed E-state index contributed by atoms with van der Waals surface area (Å²) in [6.45, 7) is 7.41. The van der Waals surface area contributed by atoms with Crippen molar-refractivity contribution in [3.05, 3.63) is 41.0 Å². The van der Waals surface area contributed by atoms with E-state index in [0.29, 0.717) is 23.3 Å². The molecule has 2 heterocycles. The molecule has 2 atom stereocenters. The number of amides is 1. The number of halogens is 1. The lowest BCUT2D eigenvalue weighted by atomic mass is 9.99. The van der Waals surface area contributed by atoms with Gasteiger partial charge in [0.15, 0.2) is 0 Å². The summed E-state index contributed by atoms with van der Waals surface area (Å²) in [5.74, 6) is 0.709. The van der Waals surface area contributed by atoms with Crippen LogP contribution in [0.25, 0.3) is 10.9 Å². The van der Waals surface area contributed by atoms with Crippen molar-refractivity contribution >= 4 is 28.4 Å². The molecular formula is C19H24ClN3O. The van der Waals surface area contributed by atoms with E-state index in [9.17, 15) is 4.79 Å². The topological polar surface area (TPSA) is 45.2 Å². The number of hydrogen-bond donors (Lipinski definition) is 1. The fraction of sp³-hybridized carbons (Fsp3) is 0.474. The highest BCUT2D eigenvalue weighted by molar-refractivity contribution is 6.29. The van der Waals surface area contributed by atoms with Gasteiger partial charge in [-0.25, -0.2) is 4.98 Å². The van der Waals surface area contributed by atoms with Gasteiger partial charge < -0.3 is 5.32 Å². The molecule has 0 aliphatic carbocycles. The first-order valence-corrected chi connectivity index (χ1v) is 8.99. The molecule has 1 amide bonds. The van der Waals surface area contributed by atoms with E-state index in [4.69, 9.17) is 11.6 Å². The summed E-state index contributed by atoms with van der Waals surface area (Å²) in [4.78, 5) is 19.1. The van der Waals surface area contributed by atoms with Crippen LogP contribution in [0.5, 0.6) is 0 Å². The second kappa shape index (κ2) is 7.49. The highest BCUT2D eigenvalue weighted by Crippen LogP contribution is 2.18. The number of carbonyl (C=O) groups is 1. The highest BCUT2D eigenvalue weighted by Gasteiger charge is 2.21. The molecule has 0 radical (unpaired) electrons. The standard InChI is InChI=1S/C19H24ClN3O/c1-13-4-3-9-23(12-13)14(2)11-21-19(24)16-5-7-17-15(10-16)6-8-18(20)22-17/h5-8,10,13-14H,3-4,9,11-12H2,1-2H3,(H,21,24). The lowest BCUT2D eigenvalue weighted by molar-refractivity contribution is 0.0917. The predicted octanol–water partition coefficient (Wildman–Crippen LogP) is 3.74. The molecule has 5 heteroatoms. The molecule has 1 fully saturated rings. The molecule has 0 spiro atoms. The molecule has 24 heavy (non-hydrogen) atoms. The number of fused-ring (bicyclic) bond motifs is 1. The minimum absolute atomic E-state index is 0.0382. The van der Waals surface area contributed by atoms with Crippen molar-refractivity contribution in [2.24, 2.45) is 5.92 Å². The van der Waals surface area contributed by atoms with Gasteiger partial charge in [0, 0.05) is 30.1 Å². The Morgan fingerprint density at radius 1 is 1.42 bits per heavy atom. The van der Waals surface area contributed by atoms with Gasteiger partial charge >= 0.3 is 0 Å². The third kappa shape index (κ3) is 4.05. The van der Waals surface area contributed by atoms with Crippen molar-refractivity contribution in [1.29, 1.82) is 0 Å². The molecule has 0 saturated carbocycles. The summed E-state index contributed by atoms with van der Waals surface area (Å²) >= 11 is 5.89. The quantitative estimate of drug-likeness (QED) is 0.858. The monoisotopic (exact) mass is 345 g/mol. The van der Waals surface area contributed by atoms with Crippen LogP contribution in [0.15, 0.2) is 30.3 Å². The maximum atomic E-state index is 12.4. The van der Waals surface area contributed by atoms with Crippen molar-refractivity contribution in [1.82, 2.24) is 15.2 Å². The lowest BCUT2D eigenvalue weighted by Crippen LogP contribution is -2.46. The van der Waals surface area contributed by atoms with Crippen LogP contribution < -0.4 is 5.32 Å². The Bertz CT molecular complexity index is 734. The van der Waals surface area contributed by atoms with Gasteiger partial charge in [-0.3, -0.25) is 9.69 Å². The molecule has 4 nitrogen and oxygen atoms in total. The Balaban J connectivity index is 1.61. The first kappa shape index (κ1) is 17.2. The van der Waals surface area contributed by atoms with Crippen LogP contribution in [0.2, 0.25) is 5.15 Å². The Labute approximate surface area is 148 Å². The number of hydrogen-bond acceptors (Lipinski definition) is 3. The molecule has 1 aromatic carbocycles. The molecule has 128 valence electrons. The van der Waals surface area contributed by atoms with E-state index in [1.807, 2.05) is 18.2 Å². The van der Waals surface area contributed by atoms with Crippen molar-refractivity contribution < 1.29 is 4.79 Å². The van der Waals surface area contributed by atoms with E-state index in [2.05, 4.69) is 29.0 Å². The average Bonchev–Trinajstić information content (AvgIpc) is 2.58. The number of likely N-dealkylation sites (tertiary alicyclic amines) is 1. The van der Waals surface area contributed by atoms with Gasteiger partial charge in [-0.2, -0.15) is 0 Å². The summed E-state index contributed by atoms with van der Waals surface area (Å²) in [5, 5.41) is 4.44. The Morgan fingerprint density at radius 2 is 2.25 bits per heavy atom. The van der Waals surface area contributed by atoms with Crippen molar-refractivity contribution in [3.63, 3.8) is 0 Å². The summed E-state index contributed by atoms with van der Waals surface area (Å²) < 4.78 is 0. The fourth-order valence-corrected chi connectivity index (χ4v) is 3.49. The number of benzene rings is 1. The number of piperidine rings is 1. The summed E-state index contributed by atoms with van der Waals surface area (Å²) in [5.41, 5.74) is 1.46. The van der Waals surface area contributed by atoms with Crippen LogP contribution in [0, 0.1) is 5.92 Å². The zero-order valence-corrected chi connectivity index (χ0v) is 15.0. The smallest absolute Gasteiger partial charge is 0.251 e. The normalized spacial score (nSPS) is 20.0. The van der Waals surface area contributed by atoms with Crippen LogP contribution in [-0.4, -0.2) is 41.5 Å². The molecular weight excluding hydrogens is 322 g/mol. The second-order valence-electron chi connectivity index (χ2n) is 6.84. The van der Waals surface area contributed by atoms with Gasteiger partial charge in [-0.15, -0.1) is 0 Å². The molecule has 2 unspecified atom stereocenters. The van der Waals surface area contributed by atoms with Crippen LogP contribution in [0.4, 0.5) is 0 Å². The van der Waals surface area contributed by atoms with E-state index in [1.54, 1.807) is 12.1 Å². The molecule has 1 N–H and O–H groups in total. The Kier molecular flexibility index (Phi) is 5.36. The van der Waals surface area contributed by atoms with Gasteiger partial charge in [0.05, 0.1) is 5.52 Å². The maximum Gasteiger partial charge on any atom is 0.251 e. The van der Waals surface area contributed by atoms with Crippen LogP contribution in [-0.2, 0) is 0 Å². The SMILES string of the molecule is CC1CCCN(C(C)CNC(=O)c2ccc3nc(Cl)ccc3c2)C1. The number of pyridine rings is 1.